The van der Waals surface area contributed by atoms with E-state index in [1.807, 2.05) is 0 Å². The molecule has 1 heteroatoms. The summed E-state index contributed by atoms with van der Waals surface area (Å²) < 4.78 is 0. The van der Waals surface area contributed by atoms with Crippen LogP contribution >= 0.6 is 11.8 Å². The molecule has 10 heavy (non-hydrogen) atoms. The topological polar surface area (TPSA) is 0 Å². The van der Waals surface area contributed by atoms with E-state index in [2.05, 4.69) is 46.4 Å². The molecule has 0 aliphatic heterocycles. The fourth-order valence-corrected chi connectivity index (χ4v) is 1.61. The van der Waals surface area contributed by atoms with Crippen molar-refractivity contribution in [2.45, 2.75) is 39.9 Å². The lowest BCUT2D eigenvalue weighted by Crippen LogP contribution is -2.08. The minimum Gasteiger partial charge on any atom is -0.158 e. The standard InChI is InChI=1S/C9H20S/c1-7(2)6-10-9(5)8(3)4/h7-9H,6H2,1-5H3. The lowest BCUT2D eigenvalue weighted by molar-refractivity contribution is 0.638. The summed E-state index contributed by atoms with van der Waals surface area (Å²) in [5.74, 6) is 2.97. The van der Waals surface area contributed by atoms with Crippen LogP contribution in [0.15, 0.2) is 0 Å². The van der Waals surface area contributed by atoms with Gasteiger partial charge in [-0.15, -0.1) is 0 Å². The Kier molecular flexibility index (Phi) is 5.24. The third kappa shape index (κ3) is 5.16. The van der Waals surface area contributed by atoms with E-state index in [1.165, 1.54) is 5.75 Å². The first-order valence-corrected chi connectivity index (χ1v) is 5.20. The van der Waals surface area contributed by atoms with Crippen molar-refractivity contribution < 1.29 is 0 Å². The van der Waals surface area contributed by atoms with Crippen LogP contribution in [0.5, 0.6) is 0 Å². The molecule has 0 aromatic carbocycles. The van der Waals surface area contributed by atoms with Gasteiger partial charge < -0.3 is 0 Å². The predicted molar refractivity (Wildman–Crippen MR) is 51.6 cm³/mol. The average molecular weight is 160 g/mol. The molecule has 62 valence electrons. The van der Waals surface area contributed by atoms with Crippen LogP contribution in [0, 0.1) is 11.8 Å². The first-order valence-electron chi connectivity index (χ1n) is 4.15. The van der Waals surface area contributed by atoms with Crippen molar-refractivity contribution in [1.29, 1.82) is 0 Å². The Hall–Kier alpha value is 0.350. The van der Waals surface area contributed by atoms with Crippen LogP contribution < -0.4 is 0 Å². The van der Waals surface area contributed by atoms with Crippen LogP contribution in [0.1, 0.15) is 34.6 Å². The quantitative estimate of drug-likeness (QED) is 0.607. The van der Waals surface area contributed by atoms with E-state index in [0.29, 0.717) is 0 Å². The van der Waals surface area contributed by atoms with Crippen LogP contribution in [-0.4, -0.2) is 11.0 Å². The van der Waals surface area contributed by atoms with E-state index >= 15 is 0 Å². The molecule has 0 aliphatic carbocycles. The third-order valence-electron chi connectivity index (χ3n) is 1.63. The minimum atomic E-state index is 0.822. The zero-order valence-electron chi connectivity index (χ0n) is 7.85. The zero-order chi connectivity index (χ0) is 8.15. The van der Waals surface area contributed by atoms with Crippen LogP contribution in [-0.2, 0) is 0 Å². The molecule has 0 nitrogen and oxygen atoms in total. The molecular weight excluding hydrogens is 140 g/mol. The highest BCUT2D eigenvalue weighted by Gasteiger charge is 2.07. The van der Waals surface area contributed by atoms with Gasteiger partial charge in [0.15, 0.2) is 0 Å². The third-order valence-corrected chi connectivity index (χ3v) is 3.56. The van der Waals surface area contributed by atoms with Crippen molar-refractivity contribution in [3.8, 4) is 0 Å². The highest BCUT2D eigenvalue weighted by molar-refractivity contribution is 7.99. The fourth-order valence-electron chi connectivity index (χ4n) is 0.537. The Morgan fingerprint density at radius 3 is 1.80 bits per heavy atom. The predicted octanol–water partition coefficient (Wildman–Crippen LogP) is 3.42. The van der Waals surface area contributed by atoms with Crippen LogP contribution in [0.2, 0.25) is 0 Å². The molecule has 0 fully saturated rings. The molecule has 0 saturated heterocycles. The molecule has 1 unspecified atom stereocenters. The van der Waals surface area contributed by atoms with Gasteiger partial charge in [0.05, 0.1) is 0 Å². The Balaban J connectivity index is 3.30. The molecule has 0 heterocycles. The van der Waals surface area contributed by atoms with Gasteiger partial charge >= 0.3 is 0 Å². The molecule has 0 aromatic rings. The van der Waals surface area contributed by atoms with Crippen molar-refractivity contribution in [2.75, 3.05) is 5.75 Å². The second-order valence-corrected chi connectivity index (χ2v) is 5.09. The lowest BCUT2D eigenvalue weighted by Gasteiger charge is -2.15. The average Bonchev–Trinajstić information content (AvgIpc) is 1.82. The minimum absolute atomic E-state index is 0.822. The lowest BCUT2D eigenvalue weighted by atomic mass is 10.2. The number of rotatable bonds is 4. The van der Waals surface area contributed by atoms with Gasteiger partial charge in [0.25, 0.3) is 0 Å². The zero-order valence-corrected chi connectivity index (χ0v) is 8.66. The summed E-state index contributed by atoms with van der Waals surface area (Å²) in [5, 5.41) is 0.822. The Morgan fingerprint density at radius 2 is 1.50 bits per heavy atom. The van der Waals surface area contributed by atoms with Gasteiger partial charge in [-0.1, -0.05) is 34.6 Å². The van der Waals surface area contributed by atoms with Crippen molar-refractivity contribution in [3.05, 3.63) is 0 Å². The number of thioether (sulfide) groups is 1. The van der Waals surface area contributed by atoms with E-state index in [4.69, 9.17) is 0 Å². The van der Waals surface area contributed by atoms with Gasteiger partial charge in [-0.25, -0.2) is 0 Å². The summed E-state index contributed by atoms with van der Waals surface area (Å²) in [6.45, 7) is 11.5. The van der Waals surface area contributed by atoms with Crippen molar-refractivity contribution in [3.63, 3.8) is 0 Å². The summed E-state index contributed by atoms with van der Waals surface area (Å²) in [6.07, 6.45) is 0. The van der Waals surface area contributed by atoms with Crippen LogP contribution in [0.3, 0.4) is 0 Å². The van der Waals surface area contributed by atoms with Gasteiger partial charge in [-0.2, -0.15) is 11.8 Å². The molecule has 0 rings (SSSR count). The monoisotopic (exact) mass is 160 g/mol. The van der Waals surface area contributed by atoms with E-state index < -0.39 is 0 Å². The smallest absolute Gasteiger partial charge is 0.00418 e. The van der Waals surface area contributed by atoms with Crippen LogP contribution in [0.4, 0.5) is 0 Å². The van der Waals surface area contributed by atoms with Crippen molar-refractivity contribution >= 4 is 11.8 Å². The molecule has 0 spiro atoms. The summed E-state index contributed by atoms with van der Waals surface area (Å²) in [7, 11) is 0. The molecule has 0 aromatic heterocycles. The normalized spacial score (nSPS) is 14.7. The number of hydrogen-bond donors (Lipinski definition) is 0. The molecule has 0 bridgehead atoms. The summed E-state index contributed by atoms with van der Waals surface area (Å²) in [6, 6.07) is 0. The SMILES string of the molecule is CC(C)CSC(C)C(C)C. The summed E-state index contributed by atoms with van der Waals surface area (Å²) >= 11 is 2.09. The molecule has 1 atom stereocenters. The fraction of sp³-hybridized carbons (Fsp3) is 1.00. The molecular formula is C9H20S. The maximum atomic E-state index is 2.32. The van der Waals surface area contributed by atoms with Gasteiger partial charge in [0.1, 0.15) is 0 Å². The largest absolute Gasteiger partial charge is 0.158 e. The van der Waals surface area contributed by atoms with E-state index in [0.717, 1.165) is 17.1 Å². The van der Waals surface area contributed by atoms with Gasteiger partial charge in [-0.05, 0) is 17.6 Å². The highest BCUT2D eigenvalue weighted by Crippen LogP contribution is 2.20. The Labute approximate surface area is 69.8 Å². The second kappa shape index (κ2) is 5.06. The summed E-state index contributed by atoms with van der Waals surface area (Å²) in [5.41, 5.74) is 0. The van der Waals surface area contributed by atoms with Gasteiger partial charge in [0, 0.05) is 5.25 Å². The first-order chi connectivity index (χ1) is 4.54. The maximum Gasteiger partial charge on any atom is 0.00418 e. The van der Waals surface area contributed by atoms with Crippen molar-refractivity contribution in [2.24, 2.45) is 11.8 Å². The molecule has 0 saturated carbocycles. The molecule has 0 radical (unpaired) electrons. The van der Waals surface area contributed by atoms with E-state index in [-0.39, 0.29) is 0 Å². The van der Waals surface area contributed by atoms with Gasteiger partial charge in [-0.3, -0.25) is 0 Å². The number of hydrogen-bond acceptors (Lipinski definition) is 1. The second-order valence-electron chi connectivity index (χ2n) is 3.68. The molecule has 0 N–H and O–H groups in total. The van der Waals surface area contributed by atoms with Crippen molar-refractivity contribution in [1.82, 2.24) is 0 Å². The highest BCUT2D eigenvalue weighted by atomic mass is 32.2. The Morgan fingerprint density at radius 1 is 1.00 bits per heavy atom. The molecule has 0 aliphatic rings. The maximum absolute atomic E-state index is 2.32. The summed E-state index contributed by atoms with van der Waals surface area (Å²) in [4.78, 5) is 0. The van der Waals surface area contributed by atoms with E-state index in [9.17, 15) is 0 Å². The van der Waals surface area contributed by atoms with E-state index in [1.54, 1.807) is 0 Å². The van der Waals surface area contributed by atoms with Gasteiger partial charge in [0.2, 0.25) is 0 Å². The van der Waals surface area contributed by atoms with Crippen LogP contribution in [0.25, 0.3) is 0 Å². The Bertz CT molecular complexity index is 76.8. The molecule has 0 amide bonds. The first kappa shape index (κ1) is 10.3.